The van der Waals surface area contributed by atoms with Gasteiger partial charge in [-0.3, -0.25) is 0 Å². The van der Waals surface area contributed by atoms with Gasteiger partial charge in [-0.05, 0) is 42.6 Å². The number of ether oxygens (including phenoxy) is 2. The summed E-state index contributed by atoms with van der Waals surface area (Å²) in [5.41, 5.74) is 0.514. The van der Waals surface area contributed by atoms with Crippen LogP contribution < -0.4 is 4.74 Å². The first-order valence-corrected chi connectivity index (χ1v) is 8.23. The predicted octanol–water partition coefficient (Wildman–Crippen LogP) is 3.18. The minimum atomic E-state index is -0.812. The van der Waals surface area contributed by atoms with E-state index in [4.69, 9.17) is 19.3 Å². The smallest absolute Gasteiger partial charge is 0.347 e. The molecule has 0 amide bonds. The molecular formula is C17H13N3O4S. The number of hydrogen-bond donors (Lipinski definition) is 0. The summed E-state index contributed by atoms with van der Waals surface area (Å²) in [7, 11) is 0. The number of carbonyl (C=O) groups is 1. The molecule has 7 nitrogen and oxygen atoms in total. The Balaban J connectivity index is 1.52. The molecule has 0 unspecified atom stereocenters. The molecule has 2 heterocycles. The lowest BCUT2D eigenvalue weighted by molar-refractivity contribution is -0.153. The lowest BCUT2D eigenvalue weighted by Gasteiger charge is -2.13. The number of thiophene rings is 1. The van der Waals surface area contributed by atoms with Gasteiger partial charge in [-0.1, -0.05) is 11.2 Å². The molecule has 0 fully saturated rings. The van der Waals surface area contributed by atoms with Crippen molar-refractivity contribution in [3.8, 4) is 22.5 Å². The standard InChI is InChI=1S/C17H13N3O4S/c1-11(23-13-6-4-12(9-18)5-7-13)17(21)22-10-15-19-16(20-24-15)14-3-2-8-25-14/h2-8,11H,10H2,1H3/t11-/m0/s1. The number of nitriles is 1. The van der Waals surface area contributed by atoms with Crippen molar-refractivity contribution in [3.63, 3.8) is 0 Å². The Morgan fingerprint density at radius 1 is 1.36 bits per heavy atom. The van der Waals surface area contributed by atoms with Crippen LogP contribution in [0.1, 0.15) is 18.4 Å². The minimum absolute atomic E-state index is 0.127. The third-order valence-corrected chi connectivity index (χ3v) is 4.04. The molecule has 126 valence electrons. The molecule has 3 rings (SSSR count). The number of aromatic nitrogens is 2. The molecular weight excluding hydrogens is 342 g/mol. The molecule has 8 heteroatoms. The van der Waals surface area contributed by atoms with Crippen molar-refractivity contribution in [1.82, 2.24) is 10.1 Å². The summed E-state index contributed by atoms with van der Waals surface area (Å²) in [5, 5.41) is 14.5. The molecule has 0 aliphatic carbocycles. The SMILES string of the molecule is C[C@H](Oc1ccc(C#N)cc1)C(=O)OCc1nc(-c2cccs2)no1. The molecule has 2 aromatic heterocycles. The van der Waals surface area contributed by atoms with Crippen molar-refractivity contribution in [3.05, 3.63) is 53.2 Å². The van der Waals surface area contributed by atoms with Crippen LogP contribution in [0.15, 0.2) is 46.3 Å². The van der Waals surface area contributed by atoms with Gasteiger partial charge in [0, 0.05) is 0 Å². The average Bonchev–Trinajstić information content (AvgIpc) is 3.31. The van der Waals surface area contributed by atoms with Crippen LogP contribution in [0.4, 0.5) is 0 Å². The minimum Gasteiger partial charge on any atom is -0.479 e. The molecule has 0 aliphatic rings. The normalized spacial score (nSPS) is 11.5. The van der Waals surface area contributed by atoms with Crippen LogP contribution in [0.2, 0.25) is 0 Å². The summed E-state index contributed by atoms with van der Waals surface area (Å²) >= 11 is 1.49. The van der Waals surface area contributed by atoms with E-state index in [9.17, 15) is 4.79 Å². The van der Waals surface area contributed by atoms with Crippen LogP contribution >= 0.6 is 11.3 Å². The fourth-order valence-electron chi connectivity index (χ4n) is 1.93. The highest BCUT2D eigenvalue weighted by Gasteiger charge is 2.18. The highest BCUT2D eigenvalue weighted by Crippen LogP contribution is 2.21. The van der Waals surface area contributed by atoms with E-state index < -0.39 is 12.1 Å². The second kappa shape index (κ2) is 7.59. The van der Waals surface area contributed by atoms with E-state index in [0.29, 0.717) is 17.1 Å². The van der Waals surface area contributed by atoms with Crippen molar-refractivity contribution in [2.24, 2.45) is 0 Å². The second-order valence-electron chi connectivity index (χ2n) is 4.99. The number of nitrogens with zero attached hydrogens (tertiary/aromatic N) is 3. The molecule has 1 atom stereocenters. The van der Waals surface area contributed by atoms with Crippen LogP contribution in [-0.4, -0.2) is 22.2 Å². The number of rotatable bonds is 6. The van der Waals surface area contributed by atoms with Crippen LogP contribution in [0, 0.1) is 11.3 Å². The molecule has 0 aliphatic heterocycles. The quantitative estimate of drug-likeness (QED) is 0.626. The maximum Gasteiger partial charge on any atom is 0.347 e. The van der Waals surface area contributed by atoms with Crippen molar-refractivity contribution in [2.45, 2.75) is 19.6 Å². The van der Waals surface area contributed by atoms with Gasteiger partial charge in [-0.25, -0.2) is 4.79 Å². The lowest BCUT2D eigenvalue weighted by Crippen LogP contribution is -2.26. The van der Waals surface area contributed by atoms with Gasteiger partial charge in [0.25, 0.3) is 5.89 Å². The maximum atomic E-state index is 12.0. The van der Waals surface area contributed by atoms with Crippen LogP contribution in [0.3, 0.4) is 0 Å². The monoisotopic (exact) mass is 355 g/mol. The summed E-state index contributed by atoms with van der Waals surface area (Å²) in [5.74, 6) is 0.590. The summed E-state index contributed by atoms with van der Waals surface area (Å²) in [6, 6.07) is 12.2. The highest BCUT2D eigenvalue weighted by atomic mass is 32.1. The van der Waals surface area contributed by atoms with Crippen molar-refractivity contribution < 1.29 is 18.8 Å². The van der Waals surface area contributed by atoms with Gasteiger partial charge >= 0.3 is 5.97 Å². The van der Waals surface area contributed by atoms with Gasteiger partial charge in [0.15, 0.2) is 12.7 Å². The Bertz CT molecular complexity index is 882. The van der Waals surface area contributed by atoms with Crippen molar-refractivity contribution >= 4 is 17.3 Å². The first-order chi connectivity index (χ1) is 12.2. The fraction of sp³-hybridized carbons (Fsp3) is 0.176. The number of benzene rings is 1. The third-order valence-electron chi connectivity index (χ3n) is 3.18. The number of esters is 1. The Kier molecular flexibility index (Phi) is 5.06. The Labute approximate surface area is 147 Å². The predicted molar refractivity (Wildman–Crippen MR) is 88.7 cm³/mol. The lowest BCUT2D eigenvalue weighted by atomic mass is 10.2. The number of hydrogen-bond acceptors (Lipinski definition) is 8. The topological polar surface area (TPSA) is 98.2 Å². The average molecular weight is 355 g/mol. The summed E-state index contributed by atoms with van der Waals surface area (Å²) < 4.78 is 15.7. The van der Waals surface area contributed by atoms with E-state index in [2.05, 4.69) is 10.1 Å². The van der Waals surface area contributed by atoms with Gasteiger partial charge in [-0.2, -0.15) is 10.2 Å². The molecule has 1 aromatic carbocycles. The molecule has 3 aromatic rings. The second-order valence-corrected chi connectivity index (χ2v) is 5.94. The highest BCUT2D eigenvalue weighted by molar-refractivity contribution is 7.13. The molecule has 25 heavy (non-hydrogen) atoms. The van der Waals surface area contributed by atoms with Gasteiger partial charge < -0.3 is 14.0 Å². The molecule has 0 bridgehead atoms. The first kappa shape index (κ1) is 16.7. The summed E-state index contributed by atoms with van der Waals surface area (Å²) in [4.78, 5) is 17.0. The Morgan fingerprint density at radius 3 is 2.84 bits per heavy atom. The molecule has 0 saturated heterocycles. The van der Waals surface area contributed by atoms with Crippen molar-refractivity contribution in [2.75, 3.05) is 0 Å². The van der Waals surface area contributed by atoms with Crippen LogP contribution in [-0.2, 0) is 16.1 Å². The molecule has 0 N–H and O–H groups in total. The molecule has 0 saturated carbocycles. The molecule has 0 radical (unpaired) electrons. The van der Waals surface area contributed by atoms with Crippen LogP contribution in [0.5, 0.6) is 5.75 Å². The first-order valence-electron chi connectivity index (χ1n) is 7.35. The molecule has 0 spiro atoms. The van der Waals surface area contributed by atoms with E-state index >= 15 is 0 Å². The Hall–Kier alpha value is -3.18. The van der Waals surface area contributed by atoms with Crippen molar-refractivity contribution in [1.29, 1.82) is 5.26 Å². The van der Waals surface area contributed by atoms with E-state index in [-0.39, 0.29) is 12.5 Å². The number of carbonyl (C=O) groups excluding carboxylic acids is 1. The summed E-state index contributed by atoms with van der Waals surface area (Å²) in [6.07, 6.45) is -0.812. The van der Waals surface area contributed by atoms with E-state index in [1.807, 2.05) is 23.6 Å². The van der Waals surface area contributed by atoms with Crippen LogP contribution in [0.25, 0.3) is 10.7 Å². The van der Waals surface area contributed by atoms with Gasteiger partial charge in [-0.15, -0.1) is 11.3 Å². The fourth-order valence-corrected chi connectivity index (χ4v) is 2.58. The summed E-state index contributed by atoms with van der Waals surface area (Å²) in [6.45, 7) is 1.45. The zero-order chi connectivity index (χ0) is 17.6. The zero-order valence-corrected chi connectivity index (χ0v) is 14.0. The van der Waals surface area contributed by atoms with Gasteiger partial charge in [0.2, 0.25) is 5.82 Å². The van der Waals surface area contributed by atoms with E-state index in [1.54, 1.807) is 31.2 Å². The van der Waals surface area contributed by atoms with E-state index in [1.165, 1.54) is 11.3 Å². The largest absolute Gasteiger partial charge is 0.479 e. The Morgan fingerprint density at radius 2 is 2.16 bits per heavy atom. The third kappa shape index (κ3) is 4.22. The zero-order valence-electron chi connectivity index (χ0n) is 13.2. The van der Waals surface area contributed by atoms with E-state index in [0.717, 1.165) is 4.88 Å². The van der Waals surface area contributed by atoms with Gasteiger partial charge in [0.05, 0.1) is 16.5 Å². The maximum absolute atomic E-state index is 12.0. The van der Waals surface area contributed by atoms with Gasteiger partial charge in [0.1, 0.15) is 5.75 Å².